The van der Waals surface area contributed by atoms with Crippen LogP contribution in [0.25, 0.3) is 10.8 Å². The van der Waals surface area contributed by atoms with E-state index >= 15 is 0 Å². The molecule has 0 aliphatic rings. The number of rotatable bonds is 3. The third kappa shape index (κ3) is 2.36. The van der Waals surface area contributed by atoms with E-state index < -0.39 is 0 Å². The Morgan fingerprint density at radius 3 is 2.50 bits per heavy atom. The summed E-state index contributed by atoms with van der Waals surface area (Å²) in [4.78, 5) is 8.45. The van der Waals surface area contributed by atoms with Crippen molar-refractivity contribution in [2.24, 2.45) is 0 Å². The number of fused-ring (bicyclic) bond motifs is 1. The third-order valence-electron chi connectivity index (χ3n) is 2.78. The van der Waals surface area contributed by atoms with Crippen molar-refractivity contribution in [3.63, 3.8) is 0 Å². The van der Waals surface area contributed by atoms with Crippen LogP contribution in [0.1, 0.15) is 5.56 Å². The van der Waals surface area contributed by atoms with Crippen LogP contribution in [0.2, 0.25) is 0 Å². The van der Waals surface area contributed by atoms with Gasteiger partial charge in [-0.25, -0.2) is 9.97 Å². The molecule has 1 heterocycles. The Morgan fingerprint density at radius 1 is 0.833 bits per heavy atom. The van der Waals surface area contributed by atoms with Crippen molar-refractivity contribution in [3.05, 3.63) is 66.5 Å². The lowest BCUT2D eigenvalue weighted by Gasteiger charge is -2.05. The van der Waals surface area contributed by atoms with Gasteiger partial charge in [0.05, 0.1) is 0 Å². The van der Waals surface area contributed by atoms with Crippen molar-refractivity contribution in [1.82, 2.24) is 9.97 Å². The number of hydrogen-bond donors (Lipinski definition) is 0. The predicted molar refractivity (Wildman–Crippen MR) is 75.5 cm³/mol. The van der Waals surface area contributed by atoms with Crippen LogP contribution in [0.3, 0.4) is 0 Å². The number of aromatic nitrogens is 2. The maximum Gasteiger partial charge on any atom is 0.187 e. The molecule has 2 nitrogen and oxygen atoms in total. The average molecular weight is 252 g/mol. The van der Waals surface area contributed by atoms with Gasteiger partial charge in [0, 0.05) is 18.1 Å². The van der Waals surface area contributed by atoms with Gasteiger partial charge in [-0.2, -0.15) is 0 Å². The number of benzene rings is 2. The molecule has 0 saturated heterocycles. The first-order valence-electron chi connectivity index (χ1n) is 5.80. The fourth-order valence-corrected chi connectivity index (χ4v) is 2.73. The fraction of sp³-hybridized carbons (Fsp3) is 0.0667. The van der Waals surface area contributed by atoms with Crippen LogP contribution in [0.5, 0.6) is 0 Å². The first-order valence-corrected chi connectivity index (χ1v) is 6.78. The van der Waals surface area contributed by atoms with Gasteiger partial charge in [-0.1, -0.05) is 54.2 Å². The highest BCUT2D eigenvalue weighted by atomic mass is 32.2. The Balaban J connectivity index is 1.87. The standard InChI is InChI=1S/C15H12N2S/c1-2-8-14-12(5-1)6-3-7-13(14)11-18-15-16-9-4-10-17-15/h1-10H,11H2. The molecule has 0 saturated carbocycles. The van der Waals surface area contributed by atoms with Crippen molar-refractivity contribution in [1.29, 1.82) is 0 Å². The minimum absolute atomic E-state index is 0.824. The molecule has 0 aliphatic carbocycles. The first kappa shape index (κ1) is 11.2. The molecule has 0 radical (unpaired) electrons. The van der Waals surface area contributed by atoms with Crippen molar-refractivity contribution in [2.45, 2.75) is 10.9 Å². The summed E-state index contributed by atoms with van der Waals surface area (Å²) in [6.45, 7) is 0. The topological polar surface area (TPSA) is 25.8 Å². The maximum atomic E-state index is 4.23. The molecule has 3 heteroatoms. The van der Waals surface area contributed by atoms with Crippen LogP contribution < -0.4 is 0 Å². The molecule has 0 aliphatic heterocycles. The zero-order chi connectivity index (χ0) is 12.2. The molecule has 0 atom stereocenters. The molecule has 0 N–H and O–H groups in total. The molecule has 18 heavy (non-hydrogen) atoms. The summed E-state index contributed by atoms with van der Waals surface area (Å²) in [6, 6.07) is 16.7. The van der Waals surface area contributed by atoms with Crippen molar-refractivity contribution < 1.29 is 0 Å². The summed E-state index contributed by atoms with van der Waals surface area (Å²) in [5, 5.41) is 3.42. The molecule has 0 unspecified atom stereocenters. The van der Waals surface area contributed by atoms with Crippen LogP contribution in [0, 0.1) is 0 Å². The van der Waals surface area contributed by atoms with Crippen molar-refractivity contribution in [2.75, 3.05) is 0 Å². The van der Waals surface area contributed by atoms with Crippen LogP contribution in [-0.2, 0) is 5.75 Å². The second kappa shape index (κ2) is 5.19. The SMILES string of the molecule is c1cnc(SCc2cccc3ccccc23)nc1. The van der Waals surface area contributed by atoms with E-state index in [-0.39, 0.29) is 0 Å². The quantitative estimate of drug-likeness (QED) is 0.522. The second-order valence-corrected chi connectivity index (χ2v) is 4.90. The van der Waals surface area contributed by atoms with Crippen LogP contribution in [-0.4, -0.2) is 9.97 Å². The highest BCUT2D eigenvalue weighted by Gasteiger charge is 2.02. The van der Waals surface area contributed by atoms with Gasteiger partial charge in [0.15, 0.2) is 5.16 Å². The van der Waals surface area contributed by atoms with Gasteiger partial charge < -0.3 is 0 Å². The Hall–Kier alpha value is -1.87. The fourth-order valence-electron chi connectivity index (χ4n) is 1.92. The molecule has 3 rings (SSSR count). The van der Waals surface area contributed by atoms with E-state index in [0.29, 0.717) is 0 Å². The lowest BCUT2D eigenvalue weighted by Crippen LogP contribution is -1.87. The lowest BCUT2D eigenvalue weighted by molar-refractivity contribution is 0.966. The minimum Gasteiger partial charge on any atom is -0.231 e. The second-order valence-electron chi connectivity index (χ2n) is 3.96. The highest BCUT2D eigenvalue weighted by Crippen LogP contribution is 2.25. The predicted octanol–water partition coefficient (Wildman–Crippen LogP) is 3.92. The van der Waals surface area contributed by atoms with Gasteiger partial charge in [0.2, 0.25) is 0 Å². The zero-order valence-electron chi connectivity index (χ0n) is 9.78. The molecule has 0 amide bonds. The van der Waals surface area contributed by atoms with Gasteiger partial charge in [0.25, 0.3) is 0 Å². The smallest absolute Gasteiger partial charge is 0.187 e. The van der Waals surface area contributed by atoms with Gasteiger partial charge in [-0.05, 0) is 22.4 Å². The first-order chi connectivity index (χ1) is 8.93. The molecule has 3 aromatic rings. The summed E-state index contributed by atoms with van der Waals surface area (Å²) in [6.07, 6.45) is 3.55. The van der Waals surface area contributed by atoms with Gasteiger partial charge in [-0.3, -0.25) is 0 Å². The summed E-state index contributed by atoms with van der Waals surface area (Å²) >= 11 is 1.67. The van der Waals surface area contributed by atoms with Crippen molar-refractivity contribution in [3.8, 4) is 0 Å². The molecular formula is C15H12N2S. The number of hydrogen-bond acceptors (Lipinski definition) is 3. The number of nitrogens with zero attached hydrogens (tertiary/aromatic N) is 2. The lowest BCUT2D eigenvalue weighted by atomic mass is 10.1. The number of thioether (sulfide) groups is 1. The van der Waals surface area contributed by atoms with Crippen LogP contribution in [0.15, 0.2) is 66.1 Å². The molecule has 1 aromatic heterocycles. The monoisotopic (exact) mass is 252 g/mol. The van der Waals surface area contributed by atoms with Crippen LogP contribution in [0.4, 0.5) is 0 Å². The third-order valence-corrected chi connectivity index (χ3v) is 3.70. The van der Waals surface area contributed by atoms with Gasteiger partial charge >= 0.3 is 0 Å². The molecular weight excluding hydrogens is 240 g/mol. The van der Waals surface area contributed by atoms with Gasteiger partial charge in [-0.15, -0.1) is 0 Å². The van der Waals surface area contributed by atoms with E-state index in [1.165, 1.54) is 16.3 Å². The van der Waals surface area contributed by atoms with E-state index in [1.807, 2.05) is 6.07 Å². The largest absolute Gasteiger partial charge is 0.231 e. The summed E-state index contributed by atoms with van der Waals surface area (Å²) in [7, 11) is 0. The Bertz CT molecular complexity index is 647. The molecule has 0 fully saturated rings. The van der Waals surface area contributed by atoms with Gasteiger partial charge in [0.1, 0.15) is 0 Å². The van der Waals surface area contributed by atoms with E-state index in [9.17, 15) is 0 Å². The Kier molecular flexibility index (Phi) is 3.24. The highest BCUT2D eigenvalue weighted by molar-refractivity contribution is 7.98. The summed E-state index contributed by atoms with van der Waals surface area (Å²) < 4.78 is 0. The van der Waals surface area contributed by atoms with E-state index in [2.05, 4.69) is 52.4 Å². The normalized spacial score (nSPS) is 10.7. The molecule has 0 spiro atoms. The Labute approximate surface area is 110 Å². The van der Waals surface area contributed by atoms with E-state index in [4.69, 9.17) is 0 Å². The summed E-state index contributed by atoms with van der Waals surface area (Å²) in [5.74, 6) is 0.894. The maximum absolute atomic E-state index is 4.23. The van der Waals surface area contributed by atoms with Crippen molar-refractivity contribution >= 4 is 22.5 Å². The average Bonchev–Trinajstić information content (AvgIpc) is 2.46. The molecule has 2 aromatic carbocycles. The zero-order valence-corrected chi connectivity index (χ0v) is 10.6. The summed E-state index contributed by atoms with van der Waals surface area (Å²) in [5.41, 5.74) is 1.32. The van der Waals surface area contributed by atoms with E-state index in [0.717, 1.165) is 10.9 Å². The van der Waals surface area contributed by atoms with E-state index in [1.54, 1.807) is 24.2 Å². The Morgan fingerprint density at radius 2 is 1.61 bits per heavy atom. The van der Waals surface area contributed by atoms with Crippen LogP contribution >= 0.6 is 11.8 Å². The molecule has 0 bridgehead atoms. The minimum atomic E-state index is 0.824. The molecule has 88 valence electrons.